The molecule has 4 aromatic rings. The van der Waals surface area contributed by atoms with Crippen LogP contribution in [0.15, 0.2) is 51.7 Å². The van der Waals surface area contributed by atoms with E-state index in [0.29, 0.717) is 48.8 Å². The monoisotopic (exact) mass is 772 g/mol. The van der Waals surface area contributed by atoms with Crippen LogP contribution in [-0.4, -0.2) is 59.5 Å². The number of aromatic hydroxyl groups is 4. The first kappa shape index (κ1) is 38.3. The molecular weight excluding hydrogens is 725 g/mol. The quantitative estimate of drug-likeness (QED) is 0.0858. The fourth-order valence-electron chi connectivity index (χ4n) is 8.36. The zero-order valence-corrected chi connectivity index (χ0v) is 32.3. The number of fused-ring (bicyclic) bond motifs is 6. The van der Waals surface area contributed by atoms with Gasteiger partial charge in [0.25, 0.3) is 0 Å². The van der Waals surface area contributed by atoms with Crippen molar-refractivity contribution in [1.29, 1.82) is 0 Å². The van der Waals surface area contributed by atoms with Crippen LogP contribution in [0.4, 0.5) is 0 Å². The molecule has 3 heterocycles. The summed E-state index contributed by atoms with van der Waals surface area (Å²) in [7, 11) is 3.51. The second-order valence-electron chi connectivity index (χ2n) is 15.4. The first-order valence-corrected chi connectivity index (χ1v) is 21.3. The van der Waals surface area contributed by atoms with Crippen LogP contribution in [0.1, 0.15) is 93.9 Å². The van der Waals surface area contributed by atoms with Crippen LogP contribution in [0.3, 0.4) is 0 Å². The Kier molecular flexibility index (Phi) is 11.4. The fourth-order valence-corrected chi connectivity index (χ4v) is 12.0. The summed E-state index contributed by atoms with van der Waals surface area (Å²) in [6.45, 7) is 4.04. The second kappa shape index (κ2) is 16.0. The number of phenols is 3. The van der Waals surface area contributed by atoms with Crippen LogP contribution in [0.2, 0.25) is 0 Å². The third kappa shape index (κ3) is 7.63. The Balaban J connectivity index is 1.39. The number of hydrogen-bond acceptors (Lipinski definition) is 11. The molecule has 1 aromatic heterocycles. The zero-order valence-electron chi connectivity index (χ0n) is 30.6. The van der Waals surface area contributed by atoms with Crippen molar-refractivity contribution >= 4 is 32.6 Å². The molecule has 11 heteroatoms. The molecule has 5 atom stereocenters. The van der Waals surface area contributed by atoms with Crippen molar-refractivity contribution in [3.8, 4) is 51.9 Å². The summed E-state index contributed by atoms with van der Waals surface area (Å²) >= 11 is 0. The number of ether oxygens (including phenoxy) is 1. The third-order valence-corrected chi connectivity index (χ3v) is 14.6. The molecule has 0 amide bonds. The predicted octanol–water partition coefficient (Wildman–Crippen LogP) is 8.18. The van der Waals surface area contributed by atoms with Gasteiger partial charge in [0, 0.05) is 30.2 Å². The van der Waals surface area contributed by atoms with E-state index < -0.39 is 29.5 Å². The summed E-state index contributed by atoms with van der Waals surface area (Å²) in [6.07, 6.45) is 4.53. The van der Waals surface area contributed by atoms with E-state index in [1.165, 1.54) is 6.07 Å². The highest BCUT2D eigenvalue weighted by Gasteiger charge is 2.47. The summed E-state index contributed by atoms with van der Waals surface area (Å²) < 4.78 is 12.5. The number of aliphatic hydroxyl groups is 2. The van der Waals surface area contributed by atoms with Gasteiger partial charge in [-0.3, -0.25) is 4.79 Å². The molecule has 5 unspecified atom stereocenters. The zero-order chi connectivity index (χ0) is 38.1. The lowest BCUT2D eigenvalue weighted by Crippen LogP contribution is -2.48. The van der Waals surface area contributed by atoms with Crippen LogP contribution in [0.25, 0.3) is 22.3 Å². The molecule has 1 saturated carbocycles. The minimum atomic E-state index is -0.929. The lowest BCUT2D eigenvalue weighted by Gasteiger charge is -2.46. The highest BCUT2D eigenvalue weighted by atomic mass is 33.1. The Morgan fingerprint density at radius 1 is 0.944 bits per heavy atom. The first-order valence-electron chi connectivity index (χ1n) is 19.0. The van der Waals surface area contributed by atoms with Gasteiger partial charge in [0.2, 0.25) is 11.2 Å². The van der Waals surface area contributed by atoms with Gasteiger partial charge >= 0.3 is 0 Å². The maximum atomic E-state index is 14.4. The summed E-state index contributed by atoms with van der Waals surface area (Å²) in [5.41, 5.74) is 1.45. The SMILES string of the molecule is CC(C)Cc1cc(-c2oc3cc(O)c4c(c3c(=O)c2O)OC2CCC(O)C3(CCCCC3CC#C4)SSCCCC2O)cc(Cc2cccc(O)c2)c1O. The van der Waals surface area contributed by atoms with Crippen LogP contribution < -0.4 is 10.2 Å². The van der Waals surface area contributed by atoms with Crippen molar-refractivity contribution in [2.24, 2.45) is 11.8 Å². The largest absolute Gasteiger partial charge is 0.508 e. The van der Waals surface area contributed by atoms with Crippen molar-refractivity contribution in [3.63, 3.8) is 0 Å². The highest BCUT2D eigenvalue weighted by molar-refractivity contribution is 8.77. The van der Waals surface area contributed by atoms with E-state index in [1.54, 1.807) is 51.9 Å². The average molecular weight is 773 g/mol. The maximum Gasteiger partial charge on any atom is 0.238 e. The number of hydrogen-bond donors (Lipinski definition) is 6. The van der Waals surface area contributed by atoms with Gasteiger partial charge < -0.3 is 39.8 Å². The standard InChI is InChI=1S/C43H48O9S2/c1-24(2)18-26-21-28(22-27(38(26)48)19-25-8-5-11-30(44)20-25)41-40(50)39(49)37-35(52-41)23-33(46)31-12-6-10-29-9-3-4-16-43(29)36(47)15-14-34(51-42(31)37)32(45)13-7-17-53-54-43/h5,8,11,20-24,29,32,34,36,44-48,50H,3-4,7,9-10,13-19H2,1-2H3. The van der Waals surface area contributed by atoms with E-state index in [-0.39, 0.29) is 68.3 Å². The van der Waals surface area contributed by atoms with Crippen LogP contribution in [0, 0.1) is 23.7 Å². The van der Waals surface area contributed by atoms with Crippen LogP contribution >= 0.6 is 21.6 Å². The number of aliphatic hydroxyl groups excluding tert-OH is 2. The molecule has 2 fully saturated rings. The molecule has 1 saturated heterocycles. The highest BCUT2D eigenvalue weighted by Crippen LogP contribution is 2.54. The summed E-state index contributed by atoms with van der Waals surface area (Å²) in [5, 5.41) is 67.8. The van der Waals surface area contributed by atoms with E-state index in [2.05, 4.69) is 11.8 Å². The Morgan fingerprint density at radius 3 is 2.56 bits per heavy atom. The molecule has 7 rings (SSSR count). The van der Waals surface area contributed by atoms with Gasteiger partial charge in [-0.2, -0.15) is 0 Å². The van der Waals surface area contributed by atoms with Gasteiger partial charge in [-0.05, 0) is 97.7 Å². The van der Waals surface area contributed by atoms with Crippen molar-refractivity contribution in [2.75, 3.05) is 5.75 Å². The fraction of sp³-hybridized carbons (Fsp3) is 0.465. The second-order valence-corrected chi connectivity index (χ2v) is 18.2. The van der Waals surface area contributed by atoms with Crippen molar-refractivity contribution < 1.29 is 39.8 Å². The number of phenolic OH excluding ortho intramolecular Hbond substituents is 3. The molecule has 2 bridgehead atoms. The predicted molar refractivity (Wildman–Crippen MR) is 213 cm³/mol. The van der Waals surface area contributed by atoms with E-state index >= 15 is 0 Å². The minimum absolute atomic E-state index is 0.0451. The molecule has 3 aliphatic rings. The van der Waals surface area contributed by atoms with Gasteiger partial charge in [-0.25, -0.2) is 0 Å². The topological polar surface area (TPSA) is 161 Å². The molecule has 0 radical (unpaired) electrons. The van der Waals surface area contributed by atoms with E-state index in [4.69, 9.17) is 9.15 Å². The van der Waals surface area contributed by atoms with Crippen molar-refractivity contribution in [3.05, 3.63) is 74.9 Å². The number of benzene rings is 3. The Bertz CT molecular complexity index is 2150. The molecule has 3 aromatic carbocycles. The van der Waals surface area contributed by atoms with E-state index in [1.807, 2.05) is 19.9 Å². The molecule has 1 spiro atoms. The van der Waals surface area contributed by atoms with Gasteiger partial charge in [-0.15, -0.1) is 0 Å². The molecular formula is C43H48O9S2. The van der Waals surface area contributed by atoms with Crippen molar-refractivity contribution in [2.45, 2.75) is 108 Å². The van der Waals surface area contributed by atoms with Gasteiger partial charge in [0.05, 0.1) is 17.0 Å². The summed E-state index contributed by atoms with van der Waals surface area (Å²) in [6, 6.07) is 11.4. The smallest absolute Gasteiger partial charge is 0.238 e. The van der Waals surface area contributed by atoms with Gasteiger partial charge in [0.1, 0.15) is 39.9 Å². The Morgan fingerprint density at radius 2 is 1.76 bits per heavy atom. The summed E-state index contributed by atoms with van der Waals surface area (Å²) in [4.78, 5) is 14.4. The third-order valence-electron chi connectivity index (χ3n) is 11.1. The Labute approximate surface area is 323 Å². The average Bonchev–Trinajstić information content (AvgIpc) is 3.15. The van der Waals surface area contributed by atoms with Crippen LogP contribution in [-0.2, 0) is 12.8 Å². The molecule has 2 aliphatic heterocycles. The molecule has 286 valence electrons. The van der Waals surface area contributed by atoms with Gasteiger partial charge in [0.15, 0.2) is 11.5 Å². The maximum absolute atomic E-state index is 14.4. The summed E-state index contributed by atoms with van der Waals surface area (Å²) in [5.74, 6) is 6.43. The first-order chi connectivity index (χ1) is 25.9. The minimum Gasteiger partial charge on any atom is -0.508 e. The normalized spacial score (nSPS) is 24.7. The molecule has 54 heavy (non-hydrogen) atoms. The lowest BCUT2D eigenvalue weighted by atomic mass is 9.72. The Hall–Kier alpha value is -3.95. The van der Waals surface area contributed by atoms with Gasteiger partial charge in [-0.1, -0.05) is 72.3 Å². The molecule has 6 N–H and O–H groups in total. The molecule has 9 nitrogen and oxygen atoms in total. The van der Waals surface area contributed by atoms with Crippen LogP contribution in [0.5, 0.6) is 28.7 Å². The van der Waals surface area contributed by atoms with E-state index in [0.717, 1.165) is 43.4 Å². The van der Waals surface area contributed by atoms with E-state index in [9.17, 15) is 35.4 Å². The van der Waals surface area contributed by atoms with Crippen molar-refractivity contribution in [1.82, 2.24) is 0 Å². The lowest BCUT2D eigenvalue weighted by molar-refractivity contribution is 0.00694. The molecule has 1 aliphatic carbocycles. The number of rotatable bonds is 5.